The van der Waals surface area contributed by atoms with Crippen LogP contribution in [0.3, 0.4) is 0 Å². The van der Waals surface area contributed by atoms with Gasteiger partial charge in [0.05, 0.1) is 0 Å². The molecule has 0 heterocycles. The fraction of sp³-hybridized carbons (Fsp3) is 0.667. The van der Waals surface area contributed by atoms with Crippen molar-refractivity contribution in [3.05, 3.63) is 12.7 Å². The minimum Gasteiger partial charge on any atom is -0.346 e. The molecule has 3 heteroatoms. The monoisotopic (exact) mass is 187 g/mol. The third-order valence-electron chi connectivity index (χ3n) is 2.20. The lowest BCUT2D eigenvalue weighted by Crippen LogP contribution is -2.51. The molecule has 0 aromatic rings. The van der Waals surface area contributed by atoms with Gasteiger partial charge in [0, 0.05) is 11.3 Å². The van der Waals surface area contributed by atoms with Gasteiger partial charge in [-0.05, 0) is 18.9 Å². The van der Waals surface area contributed by atoms with E-state index in [0.29, 0.717) is 11.7 Å². The Hall–Kier alpha value is -0.440. The fourth-order valence-corrected chi connectivity index (χ4v) is 1.14. The van der Waals surface area contributed by atoms with Gasteiger partial charge in [0.2, 0.25) is 5.91 Å². The molecule has 0 aliphatic heterocycles. The average molecular weight is 187 g/mol. The number of thiol groups is 1. The fourth-order valence-electron chi connectivity index (χ4n) is 0.699. The molecule has 0 bridgehead atoms. The predicted octanol–water partition coefficient (Wildman–Crippen LogP) is 1.63. The molecule has 0 aliphatic carbocycles. The van der Waals surface area contributed by atoms with Crippen LogP contribution in [-0.4, -0.2) is 17.2 Å². The molecule has 70 valence electrons. The van der Waals surface area contributed by atoms with E-state index in [0.717, 1.165) is 0 Å². The number of nitrogens with one attached hydrogen (secondary N) is 1. The lowest BCUT2D eigenvalue weighted by Gasteiger charge is -2.32. The highest BCUT2D eigenvalue weighted by atomic mass is 32.1. The van der Waals surface area contributed by atoms with Crippen molar-refractivity contribution in [1.29, 1.82) is 0 Å². The Bertz CT molecular complexity index is 179. The largest absolute Gasteiger partial charge is 0.346 e. The van der Waals surface area contributed by atoms with Crippen LogP contribution in [-0.2, 0) is 4.79 Å². The molecular formula is C9H17NOS. The second-order valence-corrected chi connectivity index (χ2v) is 3.74. The van der Waals surface area contributed by atoms with Crippen LogP contribution in [0.15, 0.2) is 12.7 Å². The minimum absolute atomic E-state index is 0.139. The Labute approximate surface area is 79.8 Å². The zero-order chi connectivity index (χ0) is 9.78. The van der Waals surface area contributed by atoms with Gasteiger partial charge in [-0.2, -0.15) is 12.6 Å². The topological polar surface area (TPSA) is 29.1 Å². The molecule has 0 aromatic heterocycles. The highest BCUT2D eigenvalue weighted by Gasteiger charge is 2.27. The molecule has 0 saturated heterocycles. The SMILES string of the molecule is C=CC(=O)NC(C)(CS)C(C)C. The van der Waals surface area contributed by atoms with Crippen molar-refractivity contribution >= 4 is 18.5 Å². The van der Waals surface area contributed by atoms with Gasteiger partial charge in [-0.25, -0.2) is 0 Å². The van der Waals surface area contributed by atoms with E-state index >= 15 is 0 Å². The quantitative estimate of drug-likeness (QED) is 0.508. The van der Waals surface area contributed by atoms with E-state index in [2.05, 4.69) is 38.4 Å². The second kappa shape index (κ2) is 4.55. The molecule has 0 aromatic carbocycles. The van der Waals surface area contributed by atoms with Crippen LogP contribution in [0.5, 0.6) is 0 Å². The molecular weight excluding hydrogens is 170 g/mol. The summed E-state index contributed by atoms with van der Waals surface area (Å²) in [6.45, 7) is 9.49. The third kappa shape index (κ3) is 2.89. The first-order chi connectivity index (χ1) is 5.46. The van der Waals surface area contributed by atoms with Crippen LogP contribution in [0.2, 0.25) is 0 Å². The summed E-state index contributed by atoms with van der Waals surface area (Å²) in [4.78, 5) is 11.0. The normalized spacial score (nSPS) is 15.4. The Kier molecular flexibility index (Phi) is 4.39. The van der Waals surface area contributed by atoms with Gasteiger partial charge in [0.25, 0.3) is 0 Å². The highest BCUT2D eigenvalue weighted by Crippen LogP contribution is 2.17. The zero-order valence-electron chi connectivity index (χ0n) is 7.92. The van der Waals surface area contributed by atoms with Crippen LogP contribution < -0.4 is 5.32 Å². The molecule has 0 rings (SSSR count). The van der Waals surface area contributed by atoms with Crippen LogP contribution in [0.4, 0.5) is 0 Å². The molecule has 12 heavy (non-hydrogen) atoms. The number of rotatable bonds is 4. The van der Waals surface area contributed by atoms with Gasteiger partial charge in [0.15, 0.2) is 0 Å². The summed E-state index contributed by atoms with van der Waals surface area (Å²) < 4.78 is 0. The van der Waals surface area contributed by atoms with Crippen LogP contribution in [0, 0.1) is 5.92 Å². The summed E-state index contributed by atoms with van der Waals surface area (Å²) in [6, 6.07) is 0. The van der Waals surface area contributed by atoms with E-state index < -0.39 is 0 Å². The molecule has 2 nitrogen and oxygen atoms in total. The predicted molar refractivity (Wildman–Crippen MR) is 55.4 cm³/mol. The summed E-state index contributed by atoms with van der Waals surface area (Å²) in [5, 5.41) is 2.86. The number of amides is 1. The Morgan fingerprint density at radius 3 is 2.50 bits per heavy atom. The molecule has 1 unspecified atom stereocenters. The molecule has 1 N–H and O–H groups in total. The Morgan fingerprint density at radius 2 is 2.25 bits per heavy atom. The Morgan fingerprint density at radius 1 is 1.75 bits per heavy atom. The van der Waals surface area contributed by atoms with Crippen molar-refractivity contribution in [1.82, 2.24) is 5.32 Å². The maximum absolute atomic E-state index is 11.0. The lowest BCUT2D eigenvalue weighted by molar-refractivity contribution is -0.118. The third-order valence-corrected chi connectivity index (χ3v) is 2.85. The van der Waals surface area contributed by atoms with Gasteiger partial charge < -0.3 is 5.32 Å². The first-order valence-corrected chi connectivity index (χ1v) is 4.65. The van der Waals surface area contributed by atoms with Crippen LogP contribution in [0.25, 0.3) is 0 Å². The standard InChI is InChI=1S/C9H17NOS/c1-5-8(11)10-9(4,6-12)7(2)3/h5,7,12H,1,6H2,2-4H3,(H,10,11). The van der Waals surface area contributed by atoms with Crippen molar-refractivity contribution in [3.8, 4) is 0 Å². The summed E-state index contributed by atoms with van der Waals surface area (Å²) >= 11 is 4.21. The van der Waals surface area contributed by atoms with Gasteiger partial charge in [-0.15, -0.1) is 0 Å². The van der Waals surface area contributed by atoms with Crippen molar-refractivity contribution in [2.24, 2.45) is 5.92 Å². The van der Waals surface area contributed by atoms with Crippen molar-refractivity contribution in [2.45, 2.75) is 26.3 Å². The summed E-state index contributed by atoms with van der Waals surface area (Å²) in [6.07, 6.45) is 1.28. The first-order valence-electron chi connectivity index (χ1n) is 4.01. The average Bonchev–Trinajstić information content (AvgIpc) is 2.03. The van der Waals surface area contributed by atoms with Crippen molar-refractivity contribution in [2.75, 3.05) is 5.75 Å². The maximum atomic E-state index is 11.0. The molecule has 0 spiro atoms. The smallest absolute Gasteiger partial charge is 0.243 e. The second-order valence-electron chi connectivity index (χ2n) is 3.42. The first kappa shape index (κ1) is 11.6. The summed E-state index contributed by atoms with van der Waals surface area (Å²) in [5.74, 6) is 0.851. The molecule has 1 atom stereocenters. The number of hydrogen-bond acceptors (Lipinski definition) is 2. The molecule has 1 amide bonds. The van der Waals surface area contributed by atoms with Crippen LogP contribution >= 0.6 is 12.6 Å². The Balaban J connectivity index is 4.33. The van der Waals surface area contributed by atoms with E-state index in [9.17, 15) is 4.79 Å². The highest BCUT2D eigenvalue weighted by molar-refractivity contribution is 7.80. The molecule has 0 saturated carbocycles. The van der Waals surface area contributed by atoms with Crippen molar-refractivity contribution in [3.63, 3.8) is 0 Å². The summed E-state index contributed by atoms with van der Waals surface area (Å²) in [7, 11) is 0. The zero-order valence-corrected chi connectivity index (χ0v) is 8.82. The number of hydrogen-bond donors (Lipinski definition) is 2. The summed E-state index contributed by atoms with van der Waals surface area (Å²) in [5.41, 5.74) is -0.242. The maximum Gasteiger partial charge on any atom is 0.243 e. The van der Waals surface area contributed by atoms with Gasteiger partial charge in [-0.1, -0.05) is 20.4 Å². The van der Waals surface area contributed by atoms with E-state index in [-0.39, 0.29) is 11.4 Å². The van der Waals surface area contributed by atoms with Gasteiger partial charge >= 0.3 is 0 Å². The van der Waals surface area contributed by atoms with Gasteiger partial charge in [-0.3, -0.25) is 4.79 Å². The van der Waals surface area contributed by atoms with E-state index in [4.69, 9.17) is 0 Å². The lowest BCUT2D eigenvalue weighted by atomic mass is 9.90. The molecule has 0 aliphatic rings. The number of carbonyl (C=O) groups excluding carboxylic acids is 1. The van der Waals surface area contributed by atoms with Crippen molar-refractivity contribution < 1.29 is 4.79 Å². The van der Waals surface area contributed by atoms with E-state index in [1.165, 1.54) is 6.08 Å². The van der Waals surface area contributed by atoms with Gasteiger partial charge in [0.1, 0.15) is 0 Å². The molecule has 0 radical (unpaired) electrons. The minimum atomic E-state index is -0.242. The molecule has 0 fully saturated rings. The van der Waals surface area contributed by atoms with Crippen LogP contribution in [0.1, 0.15) is 20.8 Å². The van der Waals surface area contributed by atoms with E-state index in [1.54, 1.807) is 0 Å². The van der Waals surface area contributed by atoms with E-state index in [1.807, 2.05) is 6.92 Å². The number of carbonyl (C=O) groups is 1.